The van der Waals surface area contributed by atoms with Gasteiger partial charge in [0.15, 0.2) is 11.6 Å². The zero-order chi connectivity index (χ0) is 21.7. The van der Waals surface area contributed by atoms with Gasteiger partial charge in [-0.3, -0.25) is 9.69 Å². The zero-order valence-corrected chi connectivity index (χ0v) is 18.7. The fourth-order valence-electron chi connectivity index (χ4n) is 6.56. The molecule has 1 aliphatic heterocycles. The number of rotatable bonds is 2. The summed E-state index contributed by atoms with van der Waals surface area (Å²) in [5.74, 6) is 2.12. The van der Waals surface area contributed by atoms with E-state index in [0.29, 0.717) is 17.6 Å². The summed E-state index contributed by atoms with van der Waals surface area (Å²) in [4.78, 5) is 20.7. The number of carbonyl (C=O) groups excluding carboxylic acids is 1. The zero-order valence-electron chi connectivity index (χ0n) is 18.7. The molecule has 0 radical (unpaired) electrons. The van der Waals surface area contributed by atoms with Crippen molar-refractivity contribution in [1.29, 1.82) is 0 Å². The van der Waals surface area contributed by atoms with Crippen LogP contribution in [0.2, 0.25) is 0 Å². The standard InChI is InChI=1S/C26H30N4O2/c1-18-10-3-4-11-19(18)23-27-25-29(24(31)22-14-9-17-32-22)21-13-6-5-12-20(21)26(30(25)28-23)15-7-2-8-16-26/h3-4,9-11,14,17,20-21H,2,5-8,12-13,15-16H2,1H3. The normalized spacial score (nSPS) is 24.2. The minimum absolute atomic E-state index is 0.0352. The van der Waals surface area contributed by atoms with E-state index in [4.69, 9.17) is 14.5 Å². The molecule has 2 saturated carbocycles. The van der Waals surface area contributed by atoms with Gasteiger partial charge >= 0.3 is 0 Å². The third-order valence-corrected chi connectivity index (χ3v) is 8.03. The maximum Gasteiger partial charge on any atom is 0.296 e. The van der Waals surface area contributed by atoms with Crippen molar-refractivity contribution in [1.82, 2.24) is 14.8 Å². The Morgan fingerprint density at radius 1 is 1.03 bits per heavy atom. The van der Waals surface area contributed by atoms with Gasteiger partial charge in [-0.25, -0.2) is 4.68 Å². The summed E-state index contributed by atoms with van der Waals surface area (Å²) >= 11 is 0. The molecular formula is C26H30N4O2. The molecule has 166 valence electrons. The number of benzene rings is 1. The Balaban J connectivity index is 1.56. The predicted octanol–water partition coefficient (Wildman–Crippen LogP) is 5.73. The lowest BCUT2D eigenvalue weighted by Crippen LogP contribution is -2.61. The van der Waals surface area contributed by atoms with Crippen molar-refractivity contribution in [3.63, 3.8) is 0 Å². The molecule has 2 atom stereocenters. The van der Waals surface area contributed by atoms with Crippen molar-refractivity contribution < 1.29 is 9.21 Å². The van der Waals surface area contributed by atoms with Crippen LogP contribution in [-0.4, -0.2) is 26.7 Å². The van der Waals surface area contributed by atoms with Gasteiger partial charge in [-0.15, -0.1) is 5.10 Å². The van der Waals surface area contributed by atoms with Gasteiger partial charge < -0.3 is 4.42 Å². The Morgan fingerprint density at radius 3 is 2.62 bits per heavy atom. The van der Waals surface area contributed by atoms with Crippen LogP contribution in [0.3, 0.4) is 0 Å². The summed E-state index contributed by atoms with van der Waals surface area (Å²) < 4.78 is 7.71. The van der Waals surface area contributed by atoms with E-state index < -0.39 is 0 Å². The molecule has 1 spiro atoms. The summed E-state index contributed by atoms with van der Waals surface area (Å²) in [5.41, 5.74) is 2.15. The first-order valence-electron chi connectivity index (χ1n) is 12.1. The van der Waals surface area contributed by atoms with Crippen LogP contribution in [0.4, 0.5) is 5.95 Å². The molecule has 6 nitrogen and oxygen atoms in total. The molecule has 2 unspecified atom stereocenters. The Labute approximate surface area is 188 Å². The third kappa shape index (κ3) is 2.88. The van der Waals surface area contributed by atoms with E-state index in [9.17, 15) is 4.79 Å². The van der Waals surface area contributed by atoms with Crippen LogP contribution in [0.1, 0.15) is 73.9 Å². The molecule has 3 aromatic rings. The Kier molecular flexibility index (Phi) is 4.70. The highest BCUT2D eigenvalue weighted by atomic mass is 16.3. The van der Waals surface area contributed by atoms with Gasteiger partial charge in [0.25, 0.3) is 5.91 Å². The highest BCUT2D eigenvalue weighted by Crippen LogP contribution is 2.53. The fraction of sp³-hybridized carbons (Fsp3) is 0.500. The van der Waals surface area contributed by atoms with Gasteiger partial charge in [0.1, 0.15) is 0 Å². The molecule has 0 bridgehead atoms. The fourth-order valence-corrected chi connectivity index (χ4v) is 6.56. The maximum atomic E-state index is 13.7. The summed E-state index contributed by atoms with van der Waals surface area (Å²) in [6, 6.07) is 11.9. The van der Waals surface area contributed by atoms with Gasteiger partial charge in [0, 0.05) is 17.5 Å². The minimum Gasteiger partial charge on any atom is -0.459 e. The van der Waals surface area contributed by atoms with Crippen molar-refractivity contribution in [3.8, 4) is 11.4 Å². The van der Waals surface area contributed by atoms with E-state index in [1.807, 2.05) is 17.0 Å². The first kappa shape index (κ1) is 19.8. The number of furan rings is 1. The number of amides is 1. The number of aryl methyl sites for hydroxylation is 1. The van der Waals surface area contributed by atoms with E-state index in [1.165, 1.54) is 25.7 Å². The molecule has 1 aromatic carbocycles. The molecule has 6 heteroatoms. The first-order chi connectivity index (χ1) is 15.7. The molecule has 1 amide bonds. The van der Waals surface area contributed by atoms with E-state index >= 15 is 0 Å². The second-order valence-corrected chi connectivity index (χ2v) is 9.74. The van der Waals surface area contributed by atoms with Crippen LogP contribution < -0.4 is 4.90 Å². The molecule has 0 N–H and O–H groups in total. The van der Waals surface area contributed by atoms with E-state index in [1.54, 1.807) is 18.4 Å². The highest BCUT2D eigenvalue weighted by Gasteiger charge is 2.55. The minimum atomic E-state index is -0.0949. The van der Waals surface area contributed by atoms with E-state index in [0.717, 1.165) is 49.1 Å². The van der Waals surface area contributed by atoms with Crippen molar-refractivity contribution in [2.45, 2.75) is 76.3 Å². The molecule has 3 aliphatic rings. The van der Waals surface area contributed by atoms with Crippen molar-refractivity contribution in [2.24, 2.45) is 5.92 Å². The quantitative estimate of drug-likeness (QED) is 0.521. The second-order valence-electron chi connectivity index (χ2n) is 9.74. The number of fused-ring (bicyclic) bond motifs is 4. The molecule has 3 heterocycles. The maximum absolute atomic E-state index is 13.7. The number of carbonyl (C=O) groups is 1. The molecule has 2 fully saturated rings. The average molecular weight is 431 g/mol. The lowest BCUT2D eigenvalue weighted by atomic mass is 9.64. The first-order valence-corrected chi connectivity index (χ1v) is 12.1. The van der Waals surface area contributed by atoms with Crippen LogP contribution in [0, 0.1) is 12.8 Å². The Morgan fingerprint density at radius 2 is 1.84 bits per heavy atom. The third-order valence-electron chi connectivity index (χ3n) is 8.03. The largest absolute Gasteiger partial charge is 0.459 e. The Hall–Kier alpha value is -2.89. The van der Waals surface area contributed by atoms with Gasteiger partial charge in [-0.2, -0.15) is 4.98 Å². The monoisotopic (exact) mass is 430 g/mol. The van der Waals surface area contributed by atoms with Crippen LogP contribution in [0.15, 0.2) is 47.1 Å². The molecular weight excluding hydrogens is 400 g/mol. The lowest BCUT2D eigenvalue weighted by Gasteiger charge is -2.55. The van der Waals surface area contributed by atoms with Crippen LogP contribution in [-0.2, 0) is 5.54 Å². The van der Waals surface area contributed by atoms with Gasteiger partial charge in [0.05, 0.1) is 11.8 Å². The van der Waals surface area contributed by atoms with Gasteiger partial charge in [-0.05, 0) is 50.3 Å². The number of anilines is 1. The van der Waals surface area contributed by atoms with Crippen molar-refractivity contribution in [2.75, 3.05) is 4.90 Å². The van der Waals surface area contributed by atoms with Gasteiger partial charge in [0.2, 0.25) is 5.95 Å². The van der Waals surface area contributed by atoms with Gasteiger partial charge in [-0.1, -0.05) is 56.4 Å². The number of aromatic nitrogens is 3. The SMILES string of the molecule is Cc1ccccc1-c1nc2n(n1)C1(CCCCC1)C1CCCCC1N2C(=O)c1ccco1. The average Bonchev–Trinajstić information content (AvgIpc) is 3.51. The van der Waals surface area contributed by atoms with Crippen LogP contribution >= 0.6 is 0 Å². The van der Waals surface area contributed by atoms with Crippen molar-refractivity contribution in [3.05, 3.63) is 54.0 Å². The number of nitrogens with zero attached hydrogens (tertiary/aromatic N) is 4. The number of hydrogen-bond acceptors (Lipinski definition) is 4. The molecule has 6 rings (SSSR count). The second kappa shape index (κ2) is 7.61. The molecule has 0 saturated heterocycles. The van der Waals surface area contributed by atoms with Crippen molar-refractivity contribution >= 4 is 11.9 Å². The smallest absolute Gasteiger partial charge is 0.296 e. The predicted molar refractivity (Wildman–Crippen MR) is 123 cm³/mol. The highest BCUT2D eigenvalue weighted by molar-refractivity contribution is 6.04. The molecule has 32 heavy (non-hydrogen) atoms. The molecule has 2 aromatic heterocycles. The summed E-state index contributed by atoms with van der Waals surface area (Å²) in [6.45, 7) is 2.09. The van der Waals surface area contributed by atoms with Crippen LogP contribution in [0.5, 0.6) is 0 Å². The van der Waals surface area contributed by atoms with E-state index in [-0.39, 0.29) is 17.5 Å². The summed E-state index contributed by atoms with van der Waals surface area (Å²) in [5, 5.41) is 5.14. The number of hydrogen-bond donors (Lipinski definition) is 0. The topological polar surface area (TPSA) is 64.2 Å². The lowest BCUT2D eigenvalue weighted by molar-refractivity contribution is 0.0309. The van der Waals surface area contributed by atoms with Crippen LogP contribution in [0.25, 0.3) is 11.4 Å². The van der Waals surface area contributed by atoms with E-state index in [2.05, 4.69) is 23.7 Å². The Bertz CT molecular complexity index is 1130. The summed E-state index contributed by atoms with van der Waals surface area (Å²) in [6.07, 6.45) is 12.1. The molecule has 2 aliphatic carbocycles. The summed E-state index contributed by atoms with van der Waals surface area (Å²) in [7, 11) is 0.